The fraction of sp³-hybridized carbons (Fsp3) is 0.286. The quantitative estimate of drug-likeness (QED) is 0.386. The Morgan fingerprint density at radius 3 is 2.64 bits per heavy atom. The zero-order chi connectivity index (χ0) is 20.1. The first-order valence-electron chi connectivity index (χ1n) is 9.30. The fourth-order valence-electron chi connectivity index (χ4n) is 3.16. The molecular weight excluding hydrogens is 354 g/mol. The van der Waals surface area contributed by atoms with Crippen LogP contribution in [0.3, 0.4) is 0 Å². The minimum atomic E-state index is -0.636. The van der Waals surface area contributed by atoms with Crippen molar-refractivity contribution in [1.82, 2.24) is 10.6 Å². The second kappa shape index (κ2) is 8.56. The molecule has 0 spiro atoms. The predicted molar refractivity (Wildman–Crippen MR) is 109 cm³/mol. The van der Waals surface area contributed by atoms with Crippen molar-refractivity contribution in [1.29, 1.82) is 5.41 Å². The molecule has 0 aromatic heterocycles. The lowest BCUT2D eigenvalue weighted by Gasteiger charge is -2.27. The van der Waals surface area contributed by atoms with Gasteiger partial charge in [0.2, 0.25) is 11.8 Å². The lowest BCUT2D eigenvalue weighted by atomic mass is 9.97. The van der Waals surface area contributed by atoms with E-state index >= 15 is 0 Å². The van der Waals surface area contributed by atoms with Gasteiger partial charge in [0.25, 0.3) is 0 Å². The second-order valence-corrected chi connectivity index (χ2v) is 6.95. The van der Waals surface area contributed by atoms with Crippen molar-refractivity contribution < 1.29 is 9.59 Å². The van der Waals surface area contributed by atoms with Gasteiger partial charge in [0.15, 0.2) is 0 Å². The molecule has 0 bridgehead atoms. The normalized spacial score (nSPS) is 16.2. The van der Waals surface area contributed by atoms with Crippen molar-refractivity contribution in [3.05, 3.63) is 65.2 Å². The summed E-state index contributed by atoms with van der Waals surface area (Å²) >= 11 is 0. The number of nitrogens with one attached hydrogen (secondary N) is 4. The van der Waals surface area contributed by atoms with Gasteiger partial charge in [-0.25, -0.2) is 0 Å². The van der Waals surface area contributed by atoms with Gasteiger partial charge >= 0.3 is 0 Å². The number of amides is 2. The van der Waals surface area contributed by atoms with Crippen LogP contribution >= 0.6 is 0 Å². The maximum absolute atomic E-state index is 12.5. The summed E-state index contributed by atoms with van der Waals surface area (Å²) in [5, 5.41) is 16.2. The minimum absolute atomic E-state index is 0.00543. The molecule has 6 N–H and O–H groups in total. The van der Waals surface area contributed by atoms with E-state index in [1.54, 1.807) is 19.1 Å². The standard InChI is InChI=1S/C21H25N5O2/c1-13(20(27)24-12-14-6-8-16(9-7-14)19(22)23)25-21(28)18-11-10-15-4-2-3-5-17(15)26-18/h2-9,13,18,26H,10-12H2,1H3,(H3,22,23)(H,24,27)(H,25,28)/t13-,18-/m1/s1. The van der Waals surface area contributed by atoms with Crippen molar-refractivity contribution in [2.24, 2.45) is 5.73 Å². The Morgan fingerprint density at radius 1 is 1.21 bits per heavy atom. The summed E-state index contributed by atoms with van der Waals surface area (Å²) in [5.41, 5.74) is 9.13. The molecule has 1 aliphatic heterocycles. The number of benzene rings is 2. The number of rotatable bonds is 6. The second-order valence-electron chi connectivity index (χ2n) is 6.95. The van der Waals surface area contributed by atoms with Gasteiger partial charge in [-0.15, -0.1) is 0 Å². The van der Waals surface area contributed by atoms with E-state index in [2.05, 4.69) is 22.0 Å². The summed E-state index contributed by atoms with van der Waals surface area (Å²) in [5.74, 6) is -0.422. The molecule has 0 radical (unpaired) electrons. The third-order valence-corrected chi connectivity index (χ3v) is 4.85. The number of hydrogen-bond donors (Lipinski definition) is 5. The molecule has 1 heterocycles. The number of carbonyl (C=O) groups is 2. The van der Waals surface area contributed by atoms with E-state index < -0.39 is 6.04 Å². The van der Waals surface area contributed by atoms with Crippen molar-refractivity contribution in [3.63, 3.8) is 0 Å². The van der Waals surface area contributed by atoms with E-state index in [0.29, 0.717) is 18.5 Å². The average Bonchev–Trinajstić information content (AvgIpc) is 2.71. The summed E-state index contributed by atoms with van der Waals surface area (Å²) in [7, 11) is 0. The SMILES string of the molecule is C[C@@H](NC(=O)[C@H]1CCc2ccccc2N1)C(=O)NCc1ccc(C(=N)N)cc1. The van der Waals surface area contributed by atoms with Crippen LogP contribution in [-0.2, 0) is 22.6 Å². The maximum atomic E-state index is 12.5. The Morgan fingerprint density at radius 2 is 1.93 bits per heavy atom. The number of nitrogens with two attached hydrogens (primary N) is 1. The summed E-state index contributed by atoms with van der Waals surface area (Å²) in [6, 6.07) is 14.0. The number of amidine groups is 1. The van der Waals surface area contributed by atoms with Gasteiger partial charge in [0, 0.05) is 17.8 Å². The van der Waals surface area contributed by atoms with E-state index in [4.69, 9.17) is 11.1 Å². The van der Waals surface area contributed by atoms with Crippen molar-refractivity contribution >= 4 is 23.3 Å². The molecule has 146 valence electrons. The molecule has 7 nitrogen and oxygen atoms in total. The summed E-state index contributed by atoms with van der Waals surface area (Å²) < 4.78 is 0. The minimum Gasteiger partial charge on any atom is -0.384 e. The van der Waals surface area contributed by atoms with Crippen molar-refractivity contribution in [2.75, 3.05) is 5.32 Å². The number of aryl methyl sites for hydroxylation is 1. The van der Waals surface area contributed by atoms with Gasteiger partial charge < -0.3 is 21.7 Å². The first-order valence-corrected chi connectivity index (χ1v) is 9.30. The van der Waals surface area contributed by atoms with Crippen LogP contribution in [0.1, 0.15) is 30.0 Å². The van der Waals surface area contributed by atoms with E-state index in [1.165, 1.54) is 5.56 Å². The number of nitrogen functional groups attached to an aromatic ring is 1. The average molecular weight is 379 g/mol. The summed E-state index contributed by atoms with van der Waals surface area (Å²) in [4.78, 5) is 24.8. The fourth-order valence-corrected chi connectivity index (χ4v) is 3.16. The van der Waals surface area contributed by atoms with Gasteiger partial charge in [-0.3, -0.25) is 15.0 Å². The first-order chi connectivity index (χ1) is 13.4. The molecule has 2 aromatic carbocycles. The summed E-state index contributed by atoms with van der Waals surface area (Å²) in [6.45, 7) is 2.01. The zero-order valence-corrected chi connectivity index (χ0v) is 15.8. The molecule has 0 unspecified atom stereocenters. The molecule has 3 rings (SSSR count). The predicted octanol–water partition coefficient (Wildman–Crippen LogP) is 1.52. The third-order valence-electron chi connectivity index (χ3n) is 4.85. The molecule has 0 fully saturated rings. The topological polar surface area (TPSA) is 120 Å². The Bertz CT molecular complexity index is 879. The van der Waals surface area contributed by atoms with Gasteiger partial charge in [-0.2, -0.15) is 0 Å². The van der Waals surface area contributed by atoms with Crippen molar-refractivity contribution in [2.45, 2.75) is 38.4 Å². The molecule has 2 amide bonds. The van der Waals surface area contributed by atoms with E-state index in [1.807, 2.05) is 30.3 Å². The molecule has 1 aliphatic rings. The third kappa shape index (κ3) is 4.68. The number of carbonyl (C=O) groups excluding carboxylic acids is 2. The molecule has 0 aliphatic carbocycles. The van der Waals surface area contributed by atoms with Gasteiger partial charge in [0.1, 0.15) is 17.9 Å². The van der Waals surface area contributed by atoms with Crippen LogP contribution < -0.4 is 21.7 Å². The van der Waals surface area contributed by atoms with Crippen LogP contribution in [-0.4, -0.2) is 29.7 Å². The van der Waals surface area contributed by atoms with Crippen LogP contribution in [0.2, 0.25) is 0 Å². The monoisotopic (exact) mass is 379 g/mol. The maximum Gasteiger partial charge on any atom is 0.243 e. The highest BCUT2D eigenvalue weighted by Crippen LogP contribution is 2.24. The Hall–Kier alpha value is -3.35. The lowest BCUT2D eigenvalue weighted by Crippen LogP contribution is -2.50. The molecule has 0 saturated carbocycles. The first kappa shape index (κ1) is 19.4. The number of fused-ring (bicyclic) bond motifs is 1. The molecule has 2 aromatic rings. The van der Waals surface area contributed by atoms with E-state index in [-0.39, 0.29) is 23.7 Å². The Kier molecular flexibility index (Phi) is 5.93. The van der Waals surface area contributed by atoms with Gasteiger partial charge in [0.05, 0.1) is 0 Å². The smallest absolute Gasteiger partial charge is 0.243 e. The molecular formula is C21H25N5O2. The van der Waals surface area contributed by atoms with Gasteiger partial charge in [-0.1, -0.05) is 42.5 Å². The van der Waals surface area contributed by atoms with Crippen molar-refractivity contribution in [3.8, 4) is 0 Å². The Labute approximate surface area is 164 Å². The molecule has 7 heteroatoms. The highest BCUT2D eigenvalue weighted by Gasteiger charge is 2.26. The Balaban J connectivity index is 1.48. The van der Waals surface area contributed by atoms with Crippen LogP contribution in [0.15, 0.2) is 48.5 Å². The number of para-hydroxylation sites is 1. The highest BCUT2D eigenvalue weighted by atomic mass is 16.2. The highest BCUT2D eigenvalue weighted by molar-refractivity contribution is 5.95. The molecule has 2 atom stereocenters. The van der Waals surface area contributed by atoms with Crippen LogP contribution in [0.4, 0.5) is 5.69 Å². The van der Waals surface area contributed by atoms with Crippen LogP contribution in [0, 0.1) is 5.41 Å². The summed E-state index contributed by atoms with van der Waals surface area (Å²) in [6.07, 6.45) is 1.53. The number of hydrogen-bond acceptors (Lipinski definition) is 4. The van der Waals surface area contributed by atoms with E-state index in [0.717, 1.165) is 17.7 Å². The van der Waals surface area contributed by atoms with Crippen LogP contribution in [0.5, 0.6) is 0 Å². The van der Waals surface area contributed by atoms with Crippen LogP contribution in [0.25, 0.3) is 0 Å². The zero-order valence-electron chi connectivity index (χ0n) is 15.8. The van der Waals surface area contributed by atoms with Gasteiger partial charge in [-0.05, 0) is 37.0 Å². The molecule has 28 heavy (non-hydrogen) atoms. The van der Waals surface area contributed by atoms with E-state index in [9.17, 15) is 9.59 Å². The number of anilines is 1. The lowest BCUT2D eigenvalue weighted by molar-refractivity contribution is -0.129. The molecule has 0 saturated heterocycles. The largest absolute Gasteiger partial charge is 0.384 e.